The number of amides is 1. The molecule has 6 heteroatoms. The molecule has 0 aromatic carbocycles. The van der Waals surface area contributed by atoms with Crippen molar-refractivity contribution in [1.82, 2.24) is 14.7 Å². The third-order valence-electron chi connectivity index (χ3n) is 3.80. The molecule has 1 aromatic rings. The Kier molecular flexibility index (Phi) is 3.54. The number of fused-ring (bicyclic) bond motifs is 1. The van der Waals surface area contributed by atoms with Crippen molar-refractivity contribution in [1.29, 1.82) is 0 Å². The summed E-state index contributed by atoms with van der Waals surface area (Å²) in [6, 6.07) is 0.363. The smallest absolute Gasteiger partial charge is 0.415 e. The van der Waals surface area contributed by atoms with Crippen molar-refractivity contribution < 1.29 is 9.53 Å². The van der Waals surface area contributed by atoms with Crippen molar-refractivity contribution in [2.45, 2.75) is 32.4 Å². The zero-order valence-corrected chi connectivity index (χ0v) is 12.5. The largest absolute Gasteiger partial charge is 0.452 e. The molecule has 0 N–H and O–H groups in total. The van der Waals surface area contributed by atoms with E-state index in [1.165, 1.54) is 7.11 Å². The van der Waals surface area contributed by atoms with Gasteiger partial charge in [-0.05, 0) is 34.4 Å². The van der Waals surface area contributed by atoms with Crippen molar-refractivity contribution in [3.63, 3.8) is 0 Å². The molecule has 2 atom stereocenters. The fourth-order valence-electron chi connectivity index (χ4n) is 2.93. The summed E-state index contributed by atoms with van der Waals surface area (Å²) in [5, 5.41) is 4.47. The number of carbonyl (C=O) groups excluding carboxylic acids is 1. The van der Waals surface area contributed by atoms with Gasteiger partial charge in [-0.1, -0.05) is 0 Å². The summed E-state index contributed by atoms with van der Waals surface area (Å²) in [6.07, 6.45) is 0.552. The van der Waals surface area contributed by atoms with Crippen molar-refractivity contribution in [3.8, 4) is 0 Å². The van der Waals surface area contributed by atoms with Crippen molar-refractivity contribution in [2.24, 2.45) is 7.05 Å². The Labute approximate surface area is 113 Å². The van der Waals surface area contributed by atoms with E-state index in [1.54, 1.807) is 9.58 Å². The summed E-state index contributed by atoms with van der Waals surface area (Å²) < 4.78 is 6.68. The van der Waals surface area contributed by atoms with Crippen LogP contribution >= 0.6 is 0 Å². The molecule has 1 amide bonds. The molecular formula is C13H22N4O2. The Bertz CT molecular complexity index is 495. The average Bonchev–Trinajstić information content (AvgIpc) is 2.63. The van der Waals surface area contributed by atoms with Crippen LogP contribution in [0.5, 0.6) is 0 Å². The number of hydrogen-bond acceptors (Lipinski definition) is 4. The van der Waals surface area contributed by atoms with Gasteiger partial charge in [0.25, 0.3) is 0 Å². The predicted octanol–water partition coefficient (Wildman–Crippen LogP) is 1.70. The molecule has 0 aliphatic carbocycles. The van der Waals surface area contributed by atoms with Gasteiger partial charge in [0.1, 0.15) is 5.82 Å². The Hall–Kier alpha value is -1.56. The molecule has 106 valence electrons. The summed E-state index contributed by atoms with van der Waals surface area (Å²) in [7, 11) is 7.39. The van der Waals surface area contributed by atoms with Crippen molar-refractivity contribution in [3.05, 3.63) is 11.3 Å². The maximum absolute atomic E-state index is 12.0. The molecule has 1 aromatic heterocycles. The molecule has 2 rings (SSSR count). The fraction of sp³-hybridized carbons (Fsp3) is 0.692. The van der Waals surface area contributed by atoms with E-state index in [0.29, 0.717) is 0 Å². The summed E-state index contributed by atoms with van der Waals surface area (Å²) in [5.74, 6) is 0.849. The van der Waals surface area contributed by atoms with Gasteiger partial charge in [0.05, 0.1) is 12.8 Å². The second-order valence-corrected chi connectivity index (χ2v) is 5.35. The monoisotopic (exact) mass is 266 g/mol. The summed E-state index contributed by atoms with van der Waals surface area (Å²) >= 11 is 0. The predicted molar refractivity (Wildman–Crippen MR) is 73.3 cm³/mol. The molecule has 6 nitrogen and oxygen atoms in total. The van der Waals surface area contributed by atoms with E-state index in [0.717, 1.165) is 23.5 Å². The minimum atomic E-state index is -0.325. The lowest BCUT2D eigenvalue weighted by atomic mass is 9.93. The zero-order chi connectivity index (χ0) is 14.3. The Morgan fingerprint density at radius 2 is 2.11 bits per heavy atom. The minimum absolute atomic E-state index is 0.0853. The minimum Gasteiger partial charge on any atom is -0.452 e. The lowest BCUT2D eigenvalue weighted by molar-refractivity contribution is 0.170. The first-order chi connectivity index (χ1) is 8.88. The van der Waals surface area contributed by atoms with E-state index >= 15 is 0 Å². The van der Waals surface area contributed by atoms with Gasteiger partial charge in [-0.3, -0.25) is 9.58 Å². The third kappa shape index (κ3) is 2.10. The van der Waals surface area contributed by atoms with E-state index in [9.17, 15) is 4.79 Å². The number of nitrogens with zero attached hydrogens (tertiary/aromatic N) is 4. The van der Waals surface area contributed by atoms with Gasteiger partial charge in [0.2, 0.25) is 0 Å². The van der Waals surface area contributed by atoms with Crippen LogP contribution in [0.1, 0.15) is 30.6 Å². The first-order valence-corrected chi connectivity index (χ1v) is 6.45. The fourth-order valence-corrected chi connectivity index (χ4v) is 2.93. The summed E-state index contributed by atoms with van der Waals surface area (Å²) in [5.41, 5.74) is 2.09. The molecule has 0 bridgehead atoms. The average molecular weight is 266 g/mol. The van der Waals surface area contributed by atoms with Crippen molar-refractivity contribution >= 4 is 11.9 Å². The maximum Gasteiger partial charge on any atom is 0.415 e. The van der Waals surface area contributed by atoms with Gasteiger partial charge in [-0.2, -0.15) is 5.10 Å². The van der Waals surface area contributed by atoms with Crippen LogP contribution in [0.3, 0.4) is 0 Å². The molecular weight excluding hydrogens is 244 g/mol. The number of carbonyl (C=O) groups is 1. The highest BCUT2D eigenvalue weighted by Gasteiger charge is 2.39. The SMILES string of the molecule is COC(=O)N1c2c(c(C)nn2C)C(N(C)C)CC1C. The number of rotatable bonds is 1. The third-order valence-corrected chi connectivity index (χ3v) is 3.80. The van der Waals surface area contributed by atoms with Crippen LogP contribution in [0, 0.1) is 6.92 Å². The van der Waals surface area contributed by atoms with Crippen LogP contribution in [-0.2, 0) is 11.8 Å². The lowest BCUT2D eigenvalue weighted by Crippen LogP contribution is -2.46. The molecule has 0 radical (unpaired) electrons. The molecule has 2 heterocycles. The van der Waals surface area contributed by atoms with E-state index in [1.807, 2.05) is 20.9 Å². The van der Waals surface area contributed by atoms with Gasteiger partial charge in [-0.15, -0.1) is 0 Å². The molecule has 19 heavy (non-hydrogen) atoms. The van der Waals surface area contributed by atoms with E-state index < -0.39 is 0 Å². The van der Waals surface area contributed by atoms with E-state index in [-0.39, 0.29) is 18.2 Å². The van der Waals surface area contributed by atoms with E-state index in [4.69, 9.17) is 4.74 Å². The van der Waals surface area contributed by atoms with Crippen LogP contribution in [0.4, 0.5) is 10.6 Å². The van der Waals surface area contributed by atoms with Gasteiger partial charge in [-0.25, -0.2) is 4.79 Å². The number of aryl methyl sites for hydroxylation is 2. The molecule has 2 unspecified atom stereocenters. The van der Waals surface area contributed by atoms with E-state index in [2.05, 4.69) is 24.1 Å². The lowest BCUT2D eigenvalue weighted by Gasteiger charge is -2.39. The Morgan fingerprint density at radius 1 is 1.47 bits per heavy atom. The maximum atomic E-state index is 12.0. The number of anilines is 1. The van der Waals surface area contributed by atoms with Crippen LogP contribution < -0.4 is 4.90 Å². The first-order valence-electron chi connectivity index (χ1n) is 6.45. The zero-order valence-electron chi connectivity index (χ0n) is 12.5. The Balaban J connectivity index is 2.59. The highest BCUT2D eigenvalue weighted by atomic mass is 16.5. The summed E-state index contributed by atoms with van der Waals surface area (Å²) in [4.78, 5) is 15.9. The van der Waals surface area contributed by atoms with Gasteiger partial charge in [0, 0.05) is 24.7 Å². The van der Waals surface area contributed by atoms with Gasteiger partial charge >= 0.3 is 6.09 Å². The molecule has 0 spiro atoms. The molecule has 1 aliphatic rings. The normalized spacial score (nSPS) is 22.6. The number of aromatic nitrogens is 2. The second kappa shape index (κ2) is 4.85. The number of methoxy groups -OCH3 is 1. The molecule has 1 aliphatic heterocycles. The standard InChI is InChI=1S/C13H22N4O2/c1-8-7-10(15(3)4)11-9(2)14-16(5)12(11)17(8)13(18)19-6/h8,10H,7H2,1-6H3. The first kappa shape index (κ1) is 13.9. The van der Waals surface area contributed by atoms with Crippen LogP contribution in [-0.4, -0.2) is 48.0 Å². The second-order valence-electron chi connectivity index (χ2n) is 5.35. The summed E-state index contributed by atoms with van der Waals surface area (Å²) in [6.45, 7) is 4.03. The Morgan fingerprint density at radius 3 is 2.63 bits per heavy atom. The quantitative estimate of drug-likeness (QED) is 0.776. The van der Waals surface area contributed by atoms with Crippen LogP contribution in [0.2, 0.25) is 0 Å². The van der Waals surface area contributed by atoms with Gasteiger partial charge < -0.3 is 9.64 Å². The number of hydrogen-bond donors (Lipinski definition) is 0. The highest BCUT2D eigenvalue weighted by molar-refractivity contribution is 5.89. The molecule has 0 fully saturated rings. The van der Waals surface area contributed by atoms with Crippen LogP contribution in [0.25, 0.3) is 0 Å². The molecule has 0 saturated heterocycles. The topological polar surface area (TPSA) is 50.6 Å². The number of ether oxygens (including phenoxy) is 1. The van der Waals surface area contributed by atoms with Crippen LogP contribution in [0.15, 0.2) is 0 Å². The van der Waals surface area contributed by atoms with Crippen molar-refractivity contribution in [2.75, 3.05) is 26.1 Å². The molecule has 0 saturated carbocycles. The van der Waals surface area contributed by atoms with Gasteiger partial charge in [0.15, 0.2) is 0 Å². The highest BCUT2D eigenvalue weighted by Crippen LogP contribution is 2.41.